The molecule has 0 fully saturated rings. The second kappa shape index (κ2) is 8.82. The molecular formula is C17H19ClFN3O5S. The van der Waals surface area contributed by atoms with Gasteiger partial charge in [0, 0.05) is 18.7 Å². The Balaban J connectivity index is 0.00000280. The number of hydrogen-bond acceptors (Lipinski definition) is 6. The van der Waals surface area contributed by atoms with Crippen LogP contribution in [0.3, 0.4) is 0 Å². The molecule has 2 N–H and O–H groups in total. The Kier molecular flexibility index (Phi) is 6.94. The monoisotopic (exact) mass is 431 g/mol. The summed E-state index contributed by atoms with van der Waals surface area (Å²) in [6.45, 7) is 0.729. The Morgan fingerprint density at radius 2 is 2.07 bits per heavy atom. The highest BCUT2D eigenvalue weighted by atomic mass is 35.5. The van der Waals surface area contributed by atoms with E-state index in [1.165, 1.54) is 0 Å². The Morgan fingerprint density at radius 1 is 1.36 bits per heavy atom. The molecule has 0 saturated heterocycles. The molecular weight excluding hydrogens is 413 g/mol. The van der Waals surface area contributed by atoms with Gasteiger partial charge in [0.25, 0.3) is 0 Å². The molecule has 8 nitrogen and oxygen atoms in total. The number of sulfonamides is 1. The van der Waals surface area contributed by atoms with Crippen LogP contribution in [0.5, 0.6) is 5.75 Å². The maximum Gasteiger partial charge on any atom is 0.315 e. The van der Waals surface area contributed by atoms with Crippen LogP contribution in [-0.2, 0) is 16.4 Å². The van der Waals surface area contributed by atoms with E-state index in [0.29, 0.717) is 12.6 Å². The lowest BCUT2D eigenvalue weighted by molar-refractivity contribution is -0.386. The van der Waals surface area contributed by atoms with Crippen molar-refractivity contribution >= 4 is 28.1 Å². The molecule has 28 heavy (non-hydrogen) atoms. The van der Waals surface area contributed by atoms with Crippen LogP contribution >= 0.6 is 12.4 Å². The largest absolute Gasteiger partial charge is 0.488 e. The fourth-order valence-corrected chi connectivity index (χ4v) is 4.18. The lowest BCUT2D eigenvalue weighted by Crippen LogP contribution is -2.38. The van der Waals surface area contributed by atoms with Gasteiger partial charge in [-0.2, -0.15) is 0 Å². The van der Waals surface area contributed by atoms with Gasteiger partial charge < -0.3 is 10.1 Å². The summed E-state index contributed by atoms with van der Waals surface area (Å²) >= 11 is 0. The van der Waals surface area contributed by atoms with Gasteiger partial charge in [0.05, 0.1) is 16.9 Å². The summed E-state index contributed by atoms with van der Waals surface area (Å²) in [5, 5.41) is 14.3. The molecule has 0 saturated carbocycles. The quantitative estimate of drug-likeness (QED) is 0.536. The molecule has 0 aliphatic carbocycles. The number of rotatable bonds is 6. The van der Waals surface area contributed by atoms with Gasteiger partial charge in [0.2, 0.25) is 15.8 Å². The van der Waals surface area contributed by atoms with Crippen LogP contribution in [0.25, 0.3) is 0 Å². The molecule has 1 aliphatic heterocycles. The molecule has 2 aromatic rings. The summed E-state index contributed by atoms with van der Waals surface area (Å²) in [4.78, 5) is 9.67. The number of hydrogen-bond donors (Lipinski definition) is 2. The smallest absolute Gasteiger partial charge is 0.315 e. The van der Waals surface area contributed by atoms with E-state index in [9.17, 15) is 22.9 Å². The number of fused-ring (bicyclic) bond motifs is 1. The maximum absolute atomic E-state index is 14.1. The van der Waals surface area contributed by atoms with E-state index in [4.69, 9.17) is 0 Å². The van der Waals surface area contributed by atoms with Gasteiger partial charge in [0.15, 0.2) is 5.82 Å². The predicted molar refractivity (Wildman–Crippen MR) is 103 cm³/mol. The van der Waals surface area contributed by atoms with E-state index < -0.39 is 37.1 Å². The number of nitro benzene ring substituents is 1. The van der Waals surface area contributed by atoms with Crippen molar-refractivity contribution in [3.63, 3.8) is 0 Å². The van der Waals surface area contributed by atoms with Crippen molar-refractivity contribution in [3.05, 3.63) is 63.5 Å². The molecule has 1 aliphatic rings. The van der Waals surface area contributed by atoms with Crippen LogP contribution in [0.15, 0.2) is 41.3 Å². The average molecular weight is 432 g/mol. The van der Waals surface area contributed by atoms with E-state index in [1.807, 2.05) is 24.3 Å². The Labute approximate surface area is 167 Å². The Bertz CT molecular complexity index is 987. The number of nitro groups is 1. The van der Waals surface area contributed by atoms with Crippen molar-refractivity contribution in [1.29, 1.82) is 0 Å². The summed E-state index contributed by atoms with van der Waals surface area (Å²) in [6.07, 6.45) is 0.843. The first kappa shape index (κ1) is 22.0. The summed E-state index contributed by atoms with van der Waals surface area (Å²) in [6, 6.07) is 8.93. The van der Waals surface area contributed by atoms with Crippen LogP contribution in [0.2, 0.25) is 0 Å². The number of nitrogens with zero attached hydrogens (tertiary/aromatic N) is 1. The first-order chi connectivity index (χ1) is 12.8. The SMILES string of the molecule is COc1c(F)cc(S(=O)(=O)NCC2NCCc3ccccc32)cc1[N+](=O)[O-].Cl. The normalized spacial score (nSPS) is 16.0. The topological polar surface area (TPSA) is 111 Å². The van der Waals surface area contributed by atoms with E-state index in [1.54, 1.807) is 0 Å². The summed E-state index contributed by atoms with van der Waals surface area (Å²) in [5.74, 6) is -1.73. The van der Waals surface area contributed by atoms with Gasteiger partial charge >= 0.3 is 5.69 Å². The molecule has 11 heteroatoms. The Hall–Kier alpha value is -2.27. The van der Waals surface area contributed by atoms with Crippen LogP contribution in [0, 0.1) is 15.9 Å². The third-order valence-corrected chi connectivity index (χ3v) is 5.80. The molecule has 0 radical (unpaired) electrons. The number of methoxy groups -OCH3 is 1. The minimum atomic E-state index is -4.16. The zero-order chi connectivity index (χ0) is 19.6. The lowest BCUT2D eigenvalue weighted by atomic mass is 9.95. The van der Waals surface area contributed by atoms with Crippen LogP contribution in [0.1, 0.15) is 17.2 Å². The highest BCUT2D eigenvalue weighted by molar-refractivity contribution is 7.89. The van der Waals surface area contributed by atoms with Crippen molar-refractivity contribution in [2.24, 2.45) is 0 Å². The van der Waals surface area contributed by atoms with Crippen molar-refractivity contribution < 1.29 is 22.5 Å². The average Bonchev–Trinajstić information content (AvgIpc) is 2.65. The Morgan fingerprint density at radius 3 is 2.75 bits per heavy atom. The first-order valence-electron chi connectivity index (χ1n) is 8.16. The zero-order valence-electron chi connectivity index (χ0n) is 14.8. The summed E-state index contributed by atoms with van der Waals surface area (Å²) in [7, 11) is -3.08. The minimum absolute atomic E-state index is 0. The standard InChI is InChI=1S/C17H18FN3O5S.ClH/c1-26-17-14(18)8-12(9-16(17)21(22)23)27(24,25)20-10-15-13-5-3-2-4-11(13)6-7-19-15;/h2-5,8-9,15,19-20H,6-7,10H2,1H3;1H. The molecule has 0 spiro atoms. The lowest BCUT2D eigenvalue weighted by Gasteiger charge is -2.27. The van der Waals surface area contributed by atoms with Crippen molar-refractivity contribution in [2.75, 3.05) is 20.2 Å². The van der Waals surface area contributed by atoms with Gasteiger partial charge in [0.1, 0.15) is 0 Å². The van der Waals surface area contributed by atoms with E-state index in [-0.39, 0.29) is 25.0 Å². The molecule has 1 heterocycles. The second-order valence-corrected chi connectivity index (χ2v) is 7.79. The number of nitrogens with one attached hydrogen (secondary N) is 2. The predicted octanol–water partition coefficient (Wildman–Crippen LogP) is 2.33. The molecule has 1 atom stereocenters. The highest BCUT2D eigenvalue weighted by Gasteiger charge is 2.27. The molecule has 0 aromatic heterocycles. The minimum Gasteiger partial charge on any atom is -0.488 e. The molecule has 152 valence electrons. The molecule has 3 rings (SSSR count). The zero-order valence-corrected chi connectivity index (χ0v) is 16.5. The van der Waals surface area contributed by atoms with Gasteiger partial charge in [-0.3, -0.25) is 10.1 Å². The van der Waals surface area contributed by atoms with Gasteiger partial charge in [-0.15, -0.1) is 12.4 Å². The van der Waals surface area contributed by atoms with Crippen molar-refractivity contribution in [2.45, 2.75) is 17.4 Å². The van der Waals surface area contributed by atoms with Crippen LogP contribution < -0.4 is 14.8 Å². The third-order valence-electron chi connectivity index (χ3n) is 4.40. The van der Waals surface area contributed by atoms with Crippen molar-refractivity contribution in [3.8, 4) is 5.75 Å². The highest BCUT2D eigenvalue weighted by Crippen LogP contribution is 2.32. The molecule has 0 bridgehead atoms. The maximum atomic E-state index is 14.1. The summed E-state index contributed by atoms with van der Waals surface area (Å²) < 4.78 is 46.2. The van der Waals surface area contributed by atoms with E-state index in [0.717, 1.165) is 30.7 Å². The van der Waals surface area contributed by atoms with Crippen LogP contribution in [-0.4, -0.2) is 33.5 Å². The van der Waals surface area contributed by atoms with Crippen molar-refractivity contribution in [1.82, 2.24) is 10.0 Å². The van der Waals surface area contributed by atoms with Crippen LogP contribution in [0.4, 0.5) is 10.1 Å². The fraction of sp³-hybridized carbons (Fsp3) is 0.294. The fourth-order valence-electron chi connectivity index (χ4n) is 3.10. The number of halogens is 2. The summed E-state index contributed by atoms with van der Waals surface area (Å²) in [5.41, 5.74) is 1.36. The third kappa shape index (κ3) is 4.41. The second-order valence-electron chi connectivity index (χ2n) is 6.02. The molecule has 1 unspecified atom stereocenters. The number of benzene rings is 2. The molecule has 2 aromatic carbocycles. The first-order valence-corrected chi connectivity index (χ1v) is 9.64. The van der Waals surface area contributed by atoms with E-state index in [2.05, 4.69) is 14.8 Å². The van der Waals surface area contributed by atoms with Gasteiger partial charge in [-0.25, -0.2) is 17.5 Å². The van der Waals surface area contributed by atoms with Gasteiger partial charge in [-0.1, -0.05) is 24.3 Å². The molecule has 0 amide bonds. The number of ether oxygens (including phenoxy) is 1. The van der Waals surface area contributed by atoms with Gasteiger partial charge in [-0.05, 0) is 30.2 Å². The van der Waals surface area contributed by atoms with E-state index >= 15 is 0 Å².